The van der Waals surface area contributed by atoms with Gasteiger partial charge in [0.2, 0.25) is 5.78 Å². The van der Waals surface area contributed by atoms with Crippen LogP contribution in [0.15, 0.2) is 78.6 Å². The maximum absolute atomic E-state index is 12.4. The smallest absolute Gasteiger partial charge is 0.231 e. The number of hydrogen-bond acceptors (Lipinski definition) is 4. The van der Waals surface area contributed by atoms with Crippen LogP contribution in [-0.2, 0) is 0 Å². The van der Waals surface area contributed by atoms with E-state index < -0.39 is 0 Å². The molecule has 138 valence electrons. The molecule has 0 unspecified atom stereocenters. The molecule has 0 aromatic heterocycles. The summed E-state index contributed by atoms with van der Waals surface area (Å²) in [5.41, 5.74) is 3.04. The molecular weight excluding hydrogens is 352 g/mol. The van der Waals surface area contributed by atoms with Gasteiger partial charge in [-0.3, -0.25) is 9.59 Å². The Morgan fingerprint density at radius 3 is 2.57 bits per heavy atom. The normalized spacial score (nSPS) is 13.9. The zero-order chi connectivity index (χ0) is 19.5. The predicted molar refractivity (Wildman–Crippen MR) is 107 cm³/mol. The number of benzene rings is 3. The second-order valence-electron chi connectivity index (χ2n) is 6.59. The van der Waals surface area contributed by atoms with Crippen LogP contribution in [0.3, 0.4) is 0 Å². The highest BCUT2D eigenvalue weighted by atomic mass is 16.5. The van der Waals surface area contributed by atoms with Crippen LogP contribution in [0.25, 0.3) is 6.08 Å². The van der Waals surface area contributed by atoms with Gasteiger partial charge in [-0.2, -0.15) is 0 Å². The van der Waals surface area contributed by atoms with Crippen molar-refractivity contribution in [1.29, 1.82) is 0 Å². The highest BCUT2D eigenvalue weighted by Crippen LogP contribution is 2.31. The summed E-state index contributed by atoms with van der Waals surface area (Å²) in [6.07, 6.45) is 1.68. The molecule has 4 heteroatoms. The second-order valence-corrected chi connectivity index (χ2v) is 6.59. The average Bonchev–Trinajstić information content (AvgIpc) is 3.03. The standard InChI is InChI=1S/C24H18O4/c1-16-9-11-18(12-10-16)21(25)15-27-19-6-4-5-17(13-19)14-23-24(26)20-7-2-3-8-22(20)28-23/h2-14H,15H2,1H3/b23-14-. The molecule has 0 aliphatic carbocycles. The summed E-state index contributed by atoms with van der Waals surface area (Å²) in [6.45, 7) is 1.92. The first kappa shape index (κ1) is 17.7. The van der Waals surface area contributed by atoms with E-state index in [0.29, 0.717) is 22.6 Å². The Kier molecular flexibility index (Phi) is 4.77. The van der Waals surface area contributed by atoms with E-state index in [4.69, 9.17) is 9.47 Å². The van der Waals surface area contributed by atoms with Gasteiger partial charge in [-0.15, -0.1) is 0 Å². The van der Waals surface area contributed by atoms with Crippen molar-refractivity contribution in [3.8, 4) is 11.5 Å². The van der Waals surface area contributed by atoms with Crippen molar-refractivity contribution < 1.29 is 19.1 Å². The fraction of sp³-hybridized carbons (Fsp3) is 0.0833. The third-order valence-electron chi connectivity index (χ3n) is 4.47. The molecule has 0 saturated heterocycles. The molecule has 0 saturated carbocycles. The van der Waals surface area contributed by atoms with Gasteiger partial charge in [0.25, 0.3) is 0 Å². The molecule has 3 aromatic rings. The lowest BCUT2D eigenvalue weighted by Crippen LogP contribution is -2.11. The van der Waals surface area contributed by atoms with Crippen molar-refractivity contribution in [2.75, 3.05) is 6.61 Å². The monoisotopic (exact) mass is 370 g/mol. The maximum Gasteiger partial charge on any atom is 0.231 e. The maximum atomic E-state index is 12.4. The number of para-hydroxylation sites is 1. The van der Waals surface area contributed by atoms with Gasteiger partial charge in [0, 0.05) is 5.56 Å². The Balaban J connectivity index is 1.46. The van der Waals surface area contributed by atoms with Gasteiger partial charge in [-0.05, 0) is 42.8 Å². The van der Waals surface area contributed by atoms with Crippen LogP contribution in [0, 0.1) is 6.92 Å². The first-order valence-electron chi connectivity index (χ1n) is 8.96. The molecule has 0 bridgehead atoms. The Morgan fingerprint density at radius 1 is 1.00 bits per heavy atom. The minimum absolute atomic E-state index is 0.0516. The Labute approximate surface area is 163 Å². The van der Waals surface area contributed by atoms with Crippen LogP contribution in [0.4, 0.5) is 0 Å². The lowest BCUT2D eigenvalue weighted by Gasteiger charge is -2.07. The fourth-order valence-electron chi connectivity index (χ4n) is 2.95. The van der Waals surface area contributed by atoms with Crippen molar-refractivity contribution in [3.63, 3.8) is 0 Å². The second kappa shape index (κ2) is 7.53. The van der Waals surface area contributed by atoms with Gasteiger partial charge in [0.15, 0.2) is 18.1 Å². The molecule has 0 fully saturated rings. The summed E-state index contributed by atoms with van der Waals surface area (Å²) in [5.74, 6) is 1.16. The van der Waals surface area contributed by atoms with Crippen LogP contribution in [0.1, 0.15) is 31.8 Å². The van der Waals surface area contributed by atoms with Gasteiger partial charge in [-0.25, -0.2) is 0 Å². The molecular formula is C24H18O4. The van der Waals surface area contributed by atoms with Crippen LogP contribution in [0.2, 0.25) is 0 Å². The molecule has 1 heterocycles. The average molecular weight is 370 g/mol. The highest BCUT2D eigenvalue weighted by molar-refractivity contribution is 6.14. The summed E-state index contributed by atoms with van der Waals surface area (Å²) in [6, 6.07) is 21.7. The third-order valence-corrected chi connectivity index (χ3v) is 4.47. The summed E-state index contributed by atoms with van der Waals surface area (Å²) in [7, 11) is 0. The summed E-state index contributed by atoms with van der Waals surface area (Å²) in [4.78, 5) is 24.7. The Bertz CT molecular complexity index is 1080. The SMILES string of the molecule is Cc1ccc(C(=O)COc2cccc(/C=C3\Oc4ccccc4C3=O)c2)cc1. The number of fused-ring (bicyclic) bond motifs is 1. The van der Waals surface area contributed by atoms with E-state index in [1.165, 1.54) is 0 Å². The molecule has 28 heavy (non-hydrogen) atoms. The van der Waals surface area contributed by atoms with E-state index in [2.05, 4.69) is 0 Å². The number of aryl methyl sites for hydroxylation is 1. The molecule has 1 aliphatic rings. The van der Waals surface area contributed by atoms with Crippen molar-refractivity contribution in [3.05, 3.63) is 101 Å². The van der Waals surface area contributed by atoms with Crippen molar-refractivity contribution in [2.24, 2.45) is 0 Å². The molecule has 0 radical (unpaired) electrons. The van der Waals surface area contributed by atoms with Gasteiger partial charge in [-0.1, -0.05) is 54.1 Å². The number of Topliss-reactive ketones (excluding diaryl/α,β-unsaturated/α-hetero) is 2. The number of ether oxygens (including phenoxy) is 2. The van der Waals surface area contributed by atoms with E-state index in [0.717, 1.165) is 11.1 Å². The van der Waals surface area contributed by atoms with Crippen molar-refractivity contribution in [1.82, 2.24) is 0 Å². The van der Waals surface area contributed by atoms with Crippen molar-refractivity contribution >= 4 is 17.6 Å². The number of rotatable bonds is 5. The van der Waals surface area contributed by atoms with Crippen LogP contribution in [0.5, 0.6) is 11.5 Å². The van der Waals surface area contributed by atoms with Gasteiger partial charge < -0.3 is 9.47 Å². The minimum Gasteiger partial charge on any atom is -0.485 e. The Hall–Kier alpha value is -3.66. The molecule has 4 rings (SSSR count). The van der Waals surface area contributed by atoms with Gasteiger partial charge in [0.1, 0.15) is 11.5 Å². The zero-order valence-electron chi connectivity index (χ0n) is 15.3. The van der Waals surface area contributed by atoms with Crippen LogP contribution < -0.4 is 9.47 Å². The Morgan fingerprint density at radius 2 is 1.79 bits per heavy atom. The first-order chi connectivity index (χ1) is 13.6. The number of carbonyl (C=O) groups is 2. The molecule has 0 atom stereocenters. The lowest BCUT2D eigenvalue weighted by atomic mass is 10.1. The van der Waals surface area contributed by atoms with E-state index >= 15 is 0 Å². The first-order valence-corrected chi connectivity index (χ1v) is 8.96. The van der Waals surface area contributed by atoms with E-state index in [1.54, 1.807) is 42.5 Å². The topological polar surface area (TPSA) is 52.6 Å². The van der Waals surface area contributed by atoms with Crippen LogP contribution in [-0.4, -0.2) is 18.2 Å². The number of allylic oxidation sites excluding steroid dienone is 1. The van der Waals surface area contributed by atoms with E-state index in [9.17, 15) is 9.59 Å². The fourth-order valence-corrected chi connectivity index (χ4v) is 2.95. The molecule has 0 N–H and O–H groups in total. The quantitative estimate of drug-likeness (QED) is 0.475. The van der Waals surface area contributed by atoms with Gasteiger partial charge >= 0.3 is 0 Å². The molecule has 0 spiro atoms. The number of hydrogen-bond donors (Lipinski definition) is 0. The largest absolute Gasteiger partial charge is 0.485 e. The molecule has 1 aliphatic heterocycles. The number of ketones is 2. The van der Waals surface area contributed by atoms with E-state index in [-0.39, 0.29) is 23.9 Å². The van der Waals surface area contributed by atoms with Crippen LogP contribution >= 0.6 is 0 Å². The minimum atomic E-state index is -0.142. The van der Waals surface area contributed by atoms with Gasteiger partial charge in [0.05, 0.1) is 5.56 Å². The molecule has 4 nitrogen and oxygen atoms in total. The lowest BCUT2D eigenvalue weighted by molar-refractivity contribution is 0.0921. The predicted octanol–water partition coefficient (Wildman–Crippen LogP) is 4.87. The summed E-state index contributed by atoms with van der Waals surface area (Å²) < 4.78 is 11.3. The number of carbonyl (C=O) groups excluding carboxylic acids is 2. The highest BCUT2D eigenvalue weighted by Gasteiger charge is 2.26. The zero-order valence-corrected chi connectivity index (χ0v) is 15.3. The van der Waals surface area contributed by atoms with Crippen molar-refractivity contribution in [2.45, 2.75) is 6.92 Å². The third kappa shape index (κ3) is 3.71. The summed E-state index contributed by atoms with van der Waals surface area (Å²) in [5, 5.41) is 0. The summed E-state index contributed by atoms with van der Waals surface area (Å²) >= 11 is 0. The molecule has 0 amide bonds. The van der Waals surface area contributed by atoms with E-state index in [1.807, 2.05) is 43.3 Å². The molecule has 3 aromatic carbocycles.